The Bertz CT molecular complexity index is 801. The van der Waals surface area contributed by atoms with Gasteiger partial charge in [-0.25, -0.2) is 0 Å². The number of hydrogen-bond donors (Lipinski definition) is 2. The van der Waals surface area contributed by atoms with Crippen LogP contribution in [0, 0.1) is 0 Å². The van der Waals surface area contributed by atoms with Crippen molar-refractivity contribution in [3.63, 3.8) is 0 Å². The molecule has 156 valence electrons. The Morgan fingerprint density at radius 3 is 2.41 bits per heavy atom. The zero-order valence-corrected chi connectivity index (χ0v) is 15.6. The third kappa shape index (κ3) is 5.60. The van der Waals surface area contributed by atoms with E-state index in [0.29, 0.717) is 31.5 Å². The van der Waals surface area contributed by atoms with Crippen LogP contribution in [0.2, 0.25) is 0 Å². The minimum Gasteiger partial charge on any atom is -0.472 e. The number of nitrogens with one attached hydrogen (secondary N) is 2. The van der Waals surface area contributed by atoms with Crippen LogP contribution < -0.4 is 10.6 Å². The van der Waals surface area contributed by atoms with Gasteiger partial charge in [0.05, 0.1) is 18.4 Å². The lowest BCUT2D eigenvalue weighted by Crippen LogP contribution is -2.49. The minimum atomic E-state index is -4.51. The highest BCUT2D eigenvalue weighted by Gasteiger charge is 2.40. The van der Waals surface area contributed by atoms with Crippen LogP contribution in [0.5, 0.6) is 0 Å². The van der Waals surface area contributed by atoms with Gasteiger partial charge < -0.3 is 14.6 Å². The van der Waals surface area contributed by atoms with E-state index in [1.54, 1.807) is 17.0 Å². The summed E-state index contributed by atoms with van der Waals surface area (Å²) in [5.41, 5.74) is 0.523. The topological polar surface area (TPSA) is 74.6 Å². The Morgan fingerprint density at radius 2 is 1.83 bits per heavy atom. The summed E-state index contributed by atoms with van der Waals surface area (Å²) in [5.74, 6) is -0.643. The predicted molar refractivity (Wildman–Crippen MR) is 99.0 cm³/mol. The van der Waals surface area contributed by atoms with E-state index in [1.165, 1.54) is 36.8 Å². The van der Waals surface area contributed by atoms with Gasteiger partial charge in [-0.2, -0.15) is 13.2 Å². The van der Waals surface area contributed by atoms with E-state index in [1.807, 2.05) is 0 Å². The van der Waals surface area contributed by atoms with E-state index in [9.17, 15) is 22.8 Å². The van der Waals surface area contributed by atoms with Crippen LogP contribution in [0.25, 0.3) is 0 Å². The Kier molecular flexibility index (Phi) is 6.58. The Hall–Kier alpha value is -2.81. The van der Waals surface area contributed by atoms with E-state index in [-0.39, 0.29) is 17.5 Å². The van der Waals surface area contributed by atoms with Gasteiger partial charge in [0.1, 0.15) is 12.3 Å². The molecular weight excluding hydrogens is 387 g/mol. The number of alkyl halides is 3. The van der Waals surface area contributed by atoms with Crippen molar-refractivity contribution in [2.75, 3.05) is 19.6 Å². The molecule has 0 saturated carbocycles. The van der Waals surface area contributed by atoms with Gasteiger partial charge in [0, 0.05) is 19.1 Å². The maximum absolute atomic E-state index is 13.3. The molecule has 9 heteroatoms. The monoisotopic (exact) mass is 409 g/mol. The Labute approximate surface area is 166 Å². The van der Waals surface area contributed by atoms with Gasteiger partial charge in [-0.15, -0.1) is 0 Å². The number of likely N-dealkylation sites (tertiary alicyclic amines) is 1. The fourth-order valence-electron chi connectivity index (χ4n) is 3.34. The molecule has 1 atom stereocenters. The molecule has 1 aliphatic rings. The zero-order valence-electron chi connectivity index (χ0n) is 15.6. The Balaban J connectivity index is 1.47. The summed E-state index contributed by atoms with van der Waals surface area (Å²) >= 11 is 0. The SMILES string of the molecule is O=C(CNC(c1ccccc1)C(F)(F)F)NC1CCN(C(=O)c2ccoc2)CC1. The highest BCUT2D eigenvalue weighted by Crippen LogP contribution is 2.32. The van der Waals surface area contributed by atoms with Gasteiger partial charge in [0.15, 0.2) is 0 Å². The van der Waals surface area contributed by atoms with Gasteiger partial charge in [0.25, 0.3) is 5.91 Å². The molecule has 2 heterocycles. The van der Waals surface area contributed by atoms with Gasteiger partial charge in [-0.3, -0.25) is 14.9 Å². The van der Waals surface area contributed by atoms with E-state index in [2.05, 4.69) is 10.6 Å². The number of rotatable bonds is 6. The molecule has 0 spiro atoms. The molecule has 2 amide bonds. The first kappa shape index (κ1) is 20.9. The lowest BCUT2D eigenvalue weighted by molar-refractivity contribution is -0.158. The summed E-state index contributed by atoms with van der Waals surface area (Å²) in [6.45, 7) is 0.461. The molecule has 1 saturated heterocycles. The second kappa shape index (κ2) is 9.13. The number of piperidine rings is 1. The molecule has 0 aliphatic carbocycles. The van der Waals surface area contributed by atoms with E-state index in [4.69, 9.17) is 4.42 Å². The molecule has 1 fully saturated rings. The van der Waals surface area contributed by atoms with E-state index < -0.39 is 24.7 Å². The van der Waals surface area contributed by atoms with E-state index in [0.717, 1.165) is 0 Å². The first-order valence-electron chi connectivity index (χ1n) is 9.30. The number of carbonyl (C=O) groups is 2. The first-order chi connectivity index (χ1) is 13.8. The van der Waals surface area contributed by atoms with Crippen molar-refractivity contribution in [2.24, 2.45) is 0 Å². The van der Waals surface area contributed by atoms with Crippen LogP contribution >= 0.6 is 0 Å². The second-order valence-corrected chi connectivity index (χ2v) is 6.91. The highest BCUT2D eigenvalue weighted by atomic mass is 19.4. The van der Waals surface area contributed by atoms with Crippen LogP contribution in [0.15, 0.2) is 53.3 Å². The number of carbonyl (C=O) groups excluding carboxylic acids is 2. The molecule has 1 aromatic heterocycles. The summed E-state index contributed by atoms with van der Waals surface area (Å²) in [7, 11) is 0. The molecule has 2 N–H and O–H groups in total. The van der Waals surface area contributed by atoms with E-state index >= 15 is 0 Å². The molecule has 1 aromatic carbocycles. The van der Waals surface area contributed by atoms with Crippen molar-refractivity contribution in [3.05, 3.63) is 60.1 Å². The normalized spacial score (nSPS) is 16.4. The fraction of sp³-hybridized carbons (Fsp3) is 0.400. The number of benzene rings is 1. The standard InChI is InChI=1S/C20H22F3N3O3/c21-20(22,23)18(14-4-2-1-3-5-14)24-12-17(27)25-16-6-9-26(10-7-16)19(28)15-8-11-29-13-15/h1-5,8,11,13,16,18,24H,6-7,9-10,12H2,(H,25,27). The van der Waals surface area contributed by atoms with Crippen LogP contribution in [-0.2, 0) is 4.79 Å². The average molecular weight is 409 g/mol. The molecule has 6 nitrogen and oxygen atoms in total. The number of hydrogen-bond acceptors (Lipinski definition) is 4. The third-order valence-electron chi connectivity index (χ3n) is 4.84. The van der Waals surface area contributed by atoms with Crippen molar-refractivity contribution in [1.82, 2.24) is 15.5 Å². The average Bonchev–Trinajstić information content (AvgIpc) is 3.23. The number of furan rings is 1. The zero-order chi connectivity index (χ0) is 20.9. The predicted octanol–water partition coefficient (Wildman–Crippen LogP) is 2.89. The molecule has 29 heavy (non-hydrogen) atoms. The molecule has 3 rings (SSSR count). The van der Waals surface area contributed by atoms with Crippen molar-refractivity contribution in [2.45, 2.75) is 31.1 Å². The smallest absolute Gasteiger partial charge is 0.407 e. The summed E-state index contributed by atoms with van der Waals surface area (Å²) < 4.78 is 44.8. The third-order valence-corrected chi connectivity index (χ3v) is 4.84. The quantitative estimate of drug-likeness (QED) is 0.770. The number of halogens is 3. The molecular formula is C20H22F3N3O3. The molecule has 2 aromatic rings. The van der Waals surface area contributed by atoms with Crippen molar-refractivity contribution in [3.8, 4) is 0 Å². The second-order valence-electron chi connectivity index (χ2n) is 6.91. The van der Waals surface area contributed by atoms with Gasteiger partial charge in [-0.05, 0) is 24.5 Å². The van der Waals surface area contributed by atoms with Crippen molar-refractivity contribution in [1.29, 1.82) is 0 Å². The van der Waals surface area contributed by atoms with Crippen molar-refractivity contribution >= 4 is 11.8 Å². The molecule has 0 radical (unpaired) electrons. The Morgan fingerprint density at radius 1 is 1.14 bits per heavy atom. The van der Waals surface area contributed by atoms with Crippen LogP contribution in [-0.4, -0.2) is 48.6 Å². The summed E-state index contributed by atoms with van der Waals surface area (Å²) in [4.78, 5) is 26.1. The first-order valence-corrected chi connectivity index (χ1v) is 9.30. The lowest BCUT2D eigenvalue weighted by atomic mass is 10.0. The number of amides is 2. The maximum Gasteiger partial charge on any atom is 0.407 e. The van der Waals surface area contributed by atoms with Crippen LogP contribution in [0.3, 0.4) is 0 Å². The molecule has 1 unspecified atom stereocenters. The molecule has 1 aliphatic heterocycles. The minimum absolute atomic E-state index is 0.0545. The van der Waals surface area contributed by atoms with Crippen LogP contribution in [0.1, 0.15) is 34.8 Å². The summed E-state index contributed by atoms with van der Waals surface area (Å²) in [6.07, 6.45) is -0.629. The summed E-state index contributed by atoms with van der Waals surface area (Å²) in [6, 6.07) is 6.91. The summed E-state index contributed by atoms with van der Waals surface area (Å²) in [5, 5.41) is 5.05. The van der Waals surface area contributed by atoms with Crippen LogP contribution in [0.4, 0.5) is 13.2 Å². The fourth-order valence-corrected chi connectivity index (χ4v) is 3.34. The lowest BCUT2D eigenvalue weighted by Gasteiger charge is -2.32. The molecule has 0 bridgehead atoms. The van der Waals surface area contributed by atoms with Crippen molar-refractivity contribution < 1.29 is 27.2 Å². The van der Waals surface area contributed by atoms with Gasteiger partial charge >= 0.3 is 6.18 Å². The number of nitrogens with zero attached hydrogens (tertiary/aromatic N) is 1. The van der Waals surface area contributed by atoms with Gasteiger partial charge in [-0.1, -0.05) is 30.3 Å². The highest BCUT2D eigenvalue weighted by molar-refractivity contribution is 5.93. The maximum atomic E-state index is 13.3. The largest absolute Gasteiger partial charge is 0.472 e. The van der Waals surface area contributed by atoms with Gasteiger partial charge in [0.2, 0.25) is 5.91 Å².